The van der Waals surface area contributed by atoms with Gasteiger partial charge in [0.15, 0.2) is 17.5 Å². The largest absolute Gasteiger partial charge is 0.349 e. The number of hydrogen-bond acceptors (Lipinski definition) is 3. The summed E-state index contributed by atoms with van der Waals surface area (Å²) in [4.78, 5) is 0. The van der Waals surface area contributed by atoms with Crippen LogP contribution in [0.5, 0.6) is 0 Å². The van der Waals surface area contributed by atoms with Crippen LogP contribution in [-0.4, -0.2) is 0 Å². The molecule has 0 aromatic heterocycles. The summed E-state index contributed by atoms with van der Waals surface area (Å²) in [5, 5.41) is 20.1. The van der Waals surface area contributed by atoms with Gasteiger partial charge in [-0.3, -0.25) is 0 Å². The van der Waals surface area contributed by atoms with Gasteiger partial charge in [-0.2, -0.15) is 10.5 Å². The van der Waals surface area contributed by atoms with Crippen LogP contribution in [0, 0.1) is 40.1 Å². The second-order valence-electron chi connectivity index (χ2n) is 4.01. The molecule has 0 atom stereocenters. The van der Waals surface area contributed by atoms with Crippen LogP contribution in [0.1, 0.15) is 11.1 Å². The number of rotatable bonds is 2. The molecule has 3 nitrogen and oxygen atoms in total. The van der Waals surface area contributed by atoms with E-state index in [1.54, 1.807) is 0 Å². The topological polar surface area (TPSA) is 59.6 Å². The molecule has 0 aliphatic rings. The highest BCUT2D eigenvalue weighted by molar-refractivity contribution is 6.39. The summed E-state index contributed by atoms with van der Waals surface area (Å²) < 4.78 is 41.5. The Hall–Kier alpha value is -2.41. The SMILES string of the molecule is N#Cc1c(F)c(F)c(C#N)c(Nc2c(Cl)cccc2Cl)c1F. The van der Waals surface area contributed by atoms with Crippen molar-refractivity contribution in [1.82, 2.24) is 0 Å². The molecule has 0 amide bonds. The maximum absolute atomic E-state index is 14.2. The summed E-state index contributed by atoms with van der Waals surface area (Å²) in [6.45, 7) is 0. The van der Waals surface area contributed by atoms with Gasteiger partial charge in [-0.15, -0.1) is 0 Å². The molecule has 2 aromatic rings. The summed E-state index contributed by atoms with van der Waals surface area (Å²) in [5.74, 6) is -4.77. The van der Waals surface area contributed by atoms with E-state index in [0.29, 0.717) is 0 Å². The number of anilines is 2. The first-order valence-electron chi connectivity index (χ1n) is 5.64. The Kier molecular flexibility index (Phi) is 4.46. The van der Waals surface area contributed by atoms with Crippen molar-refractivity contribution >= 4 is 34.6 Å². The minimum Gasteiger partial charge on any atom is -0.349 e. The van der Waals surface area contributed by atoms with Crippen molar-refractivity contribution in [3.63, 3.8) is 0 Å². The Balaban J connectivity index is 2.74. The molecular weight excluding hydrogens is 338 g/mol. The molecule has 0 saturated carbocycles. The minimum absolute atomic E-state index is 0.00358. The summed E-state index contributed by atoms with van der Waals surface area (Å²) in [6.07, 6.45) is 0. The van der Waals surface area contributed by atoms with Gasteiger partial charge < -0.3 is 5.32 Å². The van der Waals surface area contributed by atoms with E-state index in [9.17, 15) is 13.2 Å². The zero-order valence-electron chi connectivity index (χ0n) is 10.5. The van der Waals surface area contributed by atoms with Gasteiger partial charge in [0.05, 0.1) is 21.4 Å². The molecular formula is C14H4Cl2F3N3. The summed E-state index contributed by atoms with van der Waals surface area (Å²) in [7, 11) is 0. The van der Waals surface area contributed by atoms with Gasteiger partial charge in [0, 0.05) is 0 Å². The zero-order valence-corrected chi connectivity index (χ0v) is 12.0. The fraction of sp³-hybridized carbons (Fsp3) is 0. The van der Waals surface area contributed by atoms with E-state index in [0.717, 1.165) is 0 Å². The smallest absolute Gasteiger partial charge is 0.181 e. The van der Waals surface area contributed by atoms with Crippen molar-refractivity contribution in [3.8, 4) is 12.1 Å². The Labute approximate surface area is 133 Å². The van der Waals surface area contributed by atoms with E-state index in [1.807, 2.05) is 0 Å². The lowest BCUT2D eigenvalue weighted by Gasteiger charge is -2.14. The molecule has 8 heteroatoms. The zero-order chi connectivity index (χ0) is 16.4. The first kappa shape index (κ1) is 16.0. The van der Waals surface area contributed by atoms with Crippen LogP contribution in [0.2, 0.25) is 10.0 Å². The van der Waals surface area contributed by atoms with Crippen LogP contribution in [0.3, 0.4) is 0 Å². The van der Waals surface area contributed by atoms with Crippen molar-refractivity contribution in [1.29, 1.82) is 10.5 Å². The van der Waals surface area contributed by atoms with Crippen LogP contribution in [0.15, 0.2) is 18.2 Å². The summed E-state index contributed by atoms with van der Waals surface area (Å²) >= 11 is 11.8. The Morgan fingerprint density at radius 2 is 1.32 bits per heavy atom. The Morgan fingerprint density at radius 1 is 0.818 bits per heavy atom. The fourth-order valence-corrected chi connectivity index (χ4v) is 2.22. The van der Waals surface area contributed by atoms with E-state index in [-0.39, 0.29) is 15.7 Å². The molecule has 0 aliphatic heterocycles. The molecule has 22 heavy (non-hydrogen) atoms. The normalized spacial score (nSPS) is 9.95. The van der Waals surface area contributed by atoms with Crippen LogP contribution >= 0.6 is 23.2 Å². The van der Waals surface area contributed by atoms with Crippen molar-refractivity contribution in [2.75, 3.05) is 5.32 Å². The van der Waals surface area contributed by atoms with Gasteiger partial charge in [0.2, 0.25) is 0 Å². The first-order chi connectivity index (χ1) is 10.4. The highest BCUT2D eigenvalue weighted by atomic mass is 35.5. The van der Waals surface area contributed by atoms with Gasteiger partial charge in [0.25, 0.3) is 0 Å². The number of nitrogens with one attached hydrogen (secondary N) is 1. The molecule has 0 unspecified atom stereocenters. The first-order valence-corrected chi connectivity index (χ1v) is 6.39. The van der Waals surface area contributed by atoms with Crippen LogP contribution in [0.25, 0.3) is 0 Å². The standard InChI is InChI=1S/C14H4Cl2F3N3/c15-8-2-1-3-9(16)14(8)22-13-7(5-21)11(18)10(17)6(4-20)12(13)19/h1-3,22H. The molecule has 0 heterocycles. The Bertz CT molecular complexity index is 834. The lowest BCUT2D eigenvalue weighted by atomic mass is 10.1. The number of hydrogen-bond donors (Lipinski definition) is 1. The van der Waals surface area contributed by atoms with E-state index in [2.05, 4.69) is 5.32 Å². The maximum atomic E-state index is 14.2. The van der Waals surface area contributed by atoms with E-state index in [4.69, 9.17) is 33.7 Å². The molecule has 110 valence electrons. The predicted molar refractivity (Wildman–Crippen MR) is 75.5 cm³/mol. The minimum atomic E-state index is -1.73. The van der Waals surface area contributed by atoms with Crippen LogP contribution in [-0.2, 0) is 0 Å². The molecule has 0 bridgehead atoms. The highest BCUT2D eigenvalue weighted by Gasteiger charge is 2.26. The maximum Gasteiger partial charge on any atom is 0.181 e. The third-order valence-corrected chi connectivity index (χ3v) is 3.39. The molecule has 2 aromatic carbocycles. The van der Waals surface area contributed by atoms with Crippen molar-refractivity contribution in [2.45, 2.75) is 0 Å². The summed E-state index contributed by atoms with van der Waals surface area (Å²) in [5.41, 5.74) is -2.80. The fourth-order valence-electron chi connectivity index (χ4n) is 1.72. The third kappa shape index (κ3) is 2.55. The number of para-hydroxylation sites is 1. The molecule has 0 aliphatic carbocycles. The third-order valence-electron chi connectivity index (χ3n) is 2.76. The van der Waals surface area contributed by atoms with Crippen LogP contribution in [0.4, 0.5) is 24.5 Å². The molecule has 0 radical (unpaired) electrons. The molecule has 2 rings (SSSR count). The Morgan fingerprint density at radius 3 is 1.82 bits per heavy atom. The predicted octanol–water partition coefficient (Wildman–Crippen LogP) is 4.90. The number of benzene rings is 2. The second-order valence-corrected chi connectivity index (χ2v) is 4.83. The molecule has 1 N–H and O–H groups in total. The lowest BCUT2D eigenvalue weighted by Crippen LogP contribution is -2.07. The highest BCUT2D eigenvalue weighted by Crippen LogP contribution is 2.36. The van der Waals surface area contributed by atoms with Crippen molar-refractivity contribution in [2.24, 2.45) is 0 Å². The van der Waals surface area contributed by atoms with Gasteiger partial charge in [-0.25, -0.2) is 13.2 Å². The monoisotopic (exact) mass is 341 g/mol. The average molecular weight is 342 g/mol. The molecule has 0 fully saturated rings. The quantitative estimate of drug-likeness (QED) is 0.790. The van der Waals surface area contributed by atoms with E-state index in [1.165, 1.54) is 30.3 Å². The molecule has 0 spiro atoms. The van der Waals surface area contributed by atoms with E-state index >= 15 is 0 Å². The average Bonchev–Trinajstić information content (AvgIpc) is 2.49. The lowest BCUT2D eigenvalue weighted by molar-refractivity contribution is 0.490. The van der Waals surface area contributed by atoms with Crippen molar-refractivity contribution < 1.29 is 13.2 Å². The van der Waals surface area contributed by atoms with E-state index < -0.39 is 34.3 Å². The van der Waals surface area contributed by atoms with Crippen molar-refractivity contribution in [3.05, 3.63) is 56.8 Å². The van der Waals surface area contributed by atoms with Gasteiger partial charge >= 0.3 is 0 Å². The second kappa shape index (κ2) is 6.15. The summed E-state index contributed by atoms with van der Waals surface area (Å²) in [6, 6.07) is 6.91. The van der Waals surface area contributed by atoms with Gasteiger partial charge in [-0.05, 0) is 12.1 Å². The number of nitriles is 2. The van der Waals surface area contributed by atoms with Gasteiger partial charge in [-0.1, -0.05) is 29.3 Å². The number of halogens is 5. The number of nitrogens with zero attached hydrogens (tertiary/aromatic N) is 2. The van der Waals surface area contributed by atoms with Crippen LogP contribution < -0.4 is 5.32 Å². The molecule has 0 saturated heterocycles. The van der Waals surface area contributed by atoms with Gasteiger partial charge in [0.1, 0.15) is 23.3 Å².